The first-order valence-corrected chi connectivity index (χ1v) is 10.6. The molecule has 1 amide bonds. The molecule has 2 fully saturated rings. The number of nitrogens with zero attached hydrogens (tertiary/aromatic N) is 3. The third-order valence-electron chi connectivity index (χ3n) is 6.81. The van der Waals surface area contributed by atoms with E-state index in [1.807, 2.05) is 6.92 Å². The largest absolute Gasteiger partial charge is 0.433 e. The molecule has 0 aliphatic heterocycles. The fraction of sp³-hybridized carbons (Fsp3) is 0.435. The summed E-state index contributed by atoms with van der Waals surface area (Å²) in [6.07, 6.45) is 0.160. The Morgan fingerprint density at radius 1 is 1.16 bits per heavy atom. The van der Waals surface area contributed by atoms with Gasteiger partial charge in [0.15, 0.2) is 17.0 Å². The van der Waals surface area contributed by atoms with E-state index >= 15 is 0 Å². The molecule has 0 unspecified atom stereocenters. The van der Waals surface area contributed by atoms with Crippen LogP contribution in [0, 0.1) is 17.8 Å². The van der Waals surface area contributed by atoms with E-state index in [0.717, 1.165) is 18.4 Å². The summed E-state index contributed by atoms with van der Waals surface area (Å²) in [7, 11) is 0. The van der Waals surface area contributed by atoms with Gasteiger partial charge in [0, 0.05) is 17.7 Å². The van der Waals surface area contributed by atoms with Gasteiger partial charge in [-0.15, -0.1) is 0 Å². The van der Waals surface area contributed by atoms with Crippen LogP contribution < -0.4 is 5.32 Å². The summed E-state index contributed by atoms with van der Waals surface area (Å²) in [5.41, 5.74) is -0.281. The molecule has 2 aliphatic rings. The SMILES string of the molecule is C[C@@H](NC(=O)c1cc2nc(-c3ccccc3)cc(C(F)(F)F)n2n1)[C@@H]1C[C@H]2CC[C@H]1C2. The maximum atomic E-state index is 13.7. The standard InChI is InChI=1S/C23H23F3N4O/c1-13(17-10-14-7-8-16(17)9-14)27-22(31)19-12-21-28-18(15-5-3-2-4-6-15)11-20(23(24,25)26)30(21)29-19/h2-6,11-14,16-17H,7-10H2,1H3,(H,27,31)/t13-,14+,16+,17+/m1/s1. The highest BCUT2D eigenvalue weighted by molar-refractivity contribution is 5.93. The number of halogens is 3. The maximum absolute atomic E-state index is 13.7. The van der Waals surface area contributed by atoms with Crippen molar-refractivity contribution >= 4 is 11.6 Å². The topological polar surface area (TPSA) is 59.3 Å². The van der Waals surface area contributed by atoms with Crippen molar-refractivity contribution in [3.63, 3.8) is 0 Å². The van der Waals surface area contributed by atoms with Gasteiger partial charge in [-0.05, 0) is 50.0 Å². The van der Waals surface area contributed by atoms with Crippen LogP contribution in [-0.4, -0.2) is 26.5 Å². The summed E-state index contributed by atoms with van der Waals surface area (Å²) in [5.74, 6) is 1.34. The van der Waals surface area contributed by atoms with Crippen molar-refractivity contribution in [2.45, 2.75) is 44.8 Å². The lowest BCUT2D eigenvalue weighted by Crippen LogP contribution is -2.40. The van der Waals surface area contributed by atoms with Gasteiger partial charge < -0.3 is 5.32 Å². The normalized spacial score (nSPS) is 23.9. The van der Waals surface area contributed by atoms with E-state index in [1.54, 1.807) is 30.3 Å². The molecule has 5 nitrogen and oxygen atoms in total. The number of nitrogens with one attached hydrogen (secondary N) is 1. The summed E-state index contributed by atoms with van der Waals surface area (Å²) < 4.78 is 41.9. The maximum Gasteiger partial charge on any atom is 0.433 e. The number of hydrogen-bond donors (Lipinski definition) is 1. The average molecular weight is 428 g/mol. The van der Waals surface area contributed by atoms with E-state index < -0.39 is 17.8 Å². The molecule has 1 aromatic carbocycles. The fourth-order valence-electron chi connectivity index (χ4n) is 5.34. The fourth-order valence-corrected chi connectivity index (χ4v) is 5.34. The van der Waals surface area contributed by atoms with Crippen molar-refractivity contribution in [3.05, 3.63) is 53.9 Å². The van der Waals surface area contributed by atoms with Crippen LogP contribution in [-0.2, 0) is 6.18 Å². The van der Waals surface area contributed by atoms with Crippen molar-refractivity contribution in [2.75, 3.05) is 0 Å². The van der Waals surface area contributed by atoms with Gasteiger partial charge in [-0.3, -0.25) is 4.79 Å². The molecule has 2 aromatic heterocycles. The van der Waals surface area contributed by atoms with Gasteiger partial charge in [0.1, 0.15) is 0 Å². The predicted molar refractivity (Wildman–Crippen MR) is 109 cm³/mol. The van der Waals surface area contributed by atoms with Crippen molar-refractivity contribution < 1.29 is 18.0 Å². The zero-order chi connectivity index (χ0) is 21.8. The van der Waals surface area contributed by atoms with Gasteiger partial charge in [0.05, 0.1) is 5.69 Å². The van der Waals surface area contributed by atoms with Crippen molar-refractivity contribution in [3.8, 4) is 11.3 Å². The van der Waals surface area contributed by atoms with Crippen LogP contribution in [0.2, 0.25) is 0 Å². The minimum atomic E-state index is -4.64. The van der Waals surface area contributed by atoms with Gasteiger partial charge >= 0.3 is 6.18 Å². The second-order valence-corrected chi connectivity index (χ2v) is 8.79. The quantitative estimate of drug-likeness (QED) is 0.638. The highest BCUT2D eigenvalue weighted by atomic mass is 19.4. The van der Waals surface area contributed by atoms with Gasteiger partial charge in [-0.25, -0.2) is 9.50 Å². The molecule has 1 N–H and O–H groups in total. The van der Waals surface area contributed by atoms with E-state index in [-0.39, 0.29) is 23.1 Å². The molecule has 3 aromatic rings. The number of alkyl halides is 3. The summed E-state index contributed by atoms with van der Waals surface area (Å²) in [4.78, 5) is 17.1. The zero-order valence-electron chi connectivity index (χ0n) is 17.1. The number of amides is 1. The first-order chi connectivity index (χ1) is 14.8. The van der Waals surface area contributed by atoms with E-state index in [0.29, 0.717) is 21.9 Å². The molecule has 31 heavy (non-hydrogen) atoms. The number of aromatic nitrogens is 3. The van der Waals surface area contributed by atoms with Gasteiger partial charge in [0.25, 0.3) is 5.91 Å². The Kier molecular flexibility index (Phi) is 4.75. The highest BCUT2D eigenvalue weighted by Gasteiger charge is 2.42. The second-order valence-electron chi connectivity index (χ2n) is 8.79. The predicted octanol–water partition coefficient (Wildman–Crippen LogP) is 4.97. The summed E-state index contributed by atoms with van der Waals surface area (Å²) in [6, 6.07) is 10.9. The van der Waals surface area contributed by atoms with Crippen LogP contribution in [0.3, 0.4) is 0 Å². The highest BCUT2D eigenvalue weighted by Crippen LogP contribution is 2.49. The molecular formula is C23H23F3N4O. The second kappa shape index (κ2) is 7.35. The number of hydrogen-bond acceptors (Lipinski definition) is 3. The van der Waals surface area contributed by atoms with E-state index in [9.17, 15) is 18.0 Å². The molecule has 8 heteroatoms. The minimum Gasteiger partial charge on any atom is -0.348 e. The average Bonchev–Trinajstić information content (AvgIpc) is 3.48. The van der Waals surface area contributed by atoms with Crippen LogP contribution in [0.4, 0.5) is 13.2 Å². The Hall–Kier alpha value is -2.90. The molecule has 2 aliphatic carbocycles. The molecule has 0 spiro atoms. The number of fused-ring (bicyclic) bond motifs is 3. The lowest BCUT2D eigenvalue weighted by Gasteiger charge is -2.28. The molecule has 4 atom stereocenters. The molecule has 0 saturated heterocycles. The third-order valence-corrected chi connectivity index (χ3v) is 6.81. The third kappa shape index (κ3) is 3.68. The Bertz CT molecular complexity index is 1130. The molecule has 5 rings (SSSR count). The number of rotatable bonds is 4. The Labute approximate surface area is 177 Å². The Morgan fingerprint density at radius 2 is 1.94 bits per heavy atom. The number of carbonyl (C=O) groups is 1. The molecule has 2 saturated carbocycles. The molecule has 2 heterocycles. The first-order valence-electron chi connectivity index (χ1n) is 10.6. The smallest absolute Gasteiger partial charge is 0.348 e. The zero-order valence-corrected chi connectivity index (χ0v) is 17.1. The van der Waals surface area contributed by atoms with Crippen LogP contribution in [0.25, 0.3) is 16.9 Å². The van der Waals surface area contributed by atoms with Gasteiger partial charge in [0.2, 0.25) is 0 Å². The van der Waals surface area contributed by atoms with Crippen LogP contribution in [0.5, 0.6) is 0 Å². The summed E-state index contributed by atoms with van der Waals surface area (Å²) in [5, 5.41) is 6.93. The van der Waals surface area contributed by atoms with Crippen LogP contribution >= 0.6 is 0 Å². The van der Waals surface area contributed by atoms with Crippen molar-refractivity contribution in [1.29, 1.82) is 0 Å². The van der Waals surface area contributed by atoms with Crippen LogP contribution in [0.1, 0.15) is 48.8 Å². The lowest BCUT2D eigenvalue weighted by molar-refractivity contribution is -0.142. The Balaban J connectivity index is 1.46. The number of benzene rings is 1. The van der Waals surface area contributed by atoms with Crippen molar-refractivity contribution in [1.82, 2.24) is 19.9 Å². The molecule has 162 valence electrons. The molecule has 0 radical (unpaired) electrons. The molecular weight excluding hydrogens is 405 g/mol. The van der Waals surface area contributed by atoms with Crippen LogP contribution in [0.15, 0.2) is 42.5 Å². The van der Waals surface area contributed by atoms with E-state index in [4.69, 9.17) is 0 Å². The molecule has 2 bridgehead atoms. The van der Waals surface area contributed by atoms with Gasteiger partial charge in [-0.2, -0.15) is 18.3 Å². The minimum absolute atomic E-state index is 0.00796. The summed E-state index contributed by atoms with van der Waals surface area (Å²) in [6.45, 7) is 1.98. The number of carbonyl (C=O) groups excluding carboxylic acids is 1. The van der Waals surface area contributed by atoms with Gasteiger partial charge in [-0.1, -0.05) is 36.8 Å². The Morgan fingerprint density at radius 3 is 2.58 bits per heavy atom. The van der Waals surface area contributed by atoms with Crippen molar-refractivity contribution in [2.24, 2.45) is 17.8 Å². The van der Waals surface area contributed by atoms with E-state index in [2.05, 4.69) is 15.4 Å². The first kappa shape index (κ1) is 20.0. The lowest BCUT2D eigenvalue weighted by atomic mass is 9.84. The monoisotopic (exact) mass is 428 g/mol. The van der Waals surface area contributed by atoms with E-state index in [1.165, 1.54) is 25.3 Å². The summed E-state index contributed by atoms with van der Waals surface area (Å²) >= 11 is 0.